The Morgan fingerprint density at radius 3 is 2.33 bits per heavy atom. The minimum Gasteiger partial charge on any atom is -0.480 e. The summed E-state index contributed by atoms with van der Waals surface area (Å²) in [5, 5.41) is 8.36. The van der Waals surface area contributed by atoms with Crippen molar-refractivity contribution in [3.8, 4) is 0 Å². The highest BCUT2D eigenvalue weighted by Crippen LogP contribution is 2.15. The highest BCUT2D eigenvalue weighted by molar-refractivity contribution is 7.38. The van der Waals surface area contributed by atoms with Crippen molar-refractivity contribution in [3.05, 3.63) is 0 Å². The maximum atomic E-state index is 10.2. The molecular weight excluding hydrogens is 137 g/mol. The Balaban J connectivity index is 3.72. The van der Waals surface area contributed by atoms with Gasteiger partial charge < -0.3 is 10.8 Å². The van der Waals surface area contributed by atoms with Crippen molar-refractivity contribution >= 4 is 14.6 Å². The van der Waals surface area contributed by atoms with Gasteiger partial charge in [-0.3, -0.25) is 4.79 Å². The minimum atomic E-state index is -0.906. The number of carboxylic acids is 1. The maximum Gasteiger partial charge on any atom is 0.321 e. The van der Waals surface area contributed by atoms with Crippen LogP contribution in [0.3, 0.4) is 0 Å². The molecule has 3 nitrogen and oxygen atoms in total. The van der Waals surface area contributed by atoms with E-state index in [-0.39, 0.29) is 5.66 Å². The highest BCUT2D eigenvalue weighted by Gasteiger charge is 2.17. The van der Waals surface area contributed by atoms with Gasteiger partial charge in [0, 0.05) is 0 Å². The average Bonchev–Trinajstić information content (AvgIpc) is 1.84. The molecule has 0 spiro atoms. The SMILES string of the molecule is CPC(C)C(N)C(=O)O. The largest absolute Gasteiger partial charge is 0.480 e. The summed E-state index contributed by atoms with van der Waals surface area (Å²) in [6.07, 6.45) is 0. The zero-order valence-corrected chi connectivity index (χ0v) is 6.59. The zero-order valence-electron chi connectivity index (χ0n) is 5.59. The lowest BCUT2D eigenvalue weighted by molar-refractivity contribution is -0.138. The van der Waals surface area contributed by atoms with Crippen molar-refractivity contribution in [2.75, 3.05) is 6.66 Å². The van der Waals surface area contributed by atoms with Crippen LogP contribution in [0.2, 0.25) is 0 Å². The van der Waals surface area contributed by atoms with E-state index in [2.05, 4.69) is 0 Å². The molecule has 0 heterocycles. The van der Waals surface area contributed by atoms with Gasteiger partial charge in [0.25, 0.3) is 0 Å². The van der Waals surface area contributed by atoms with Crippen LogP contribution in [0.15, 0.2) is 0 Å². The molecule has 3 atom stereocenters. The third-order valence-electron chi connectivity index (χ3n) is 1.28. The van der Waals surface area contributed by atoms with Crippen LogP contribution in [-0.4, -0.2) is 29.4 Å². The van der Waals surface area contributed by atoms with Crippen molar-refractivity contribution < 1.29 is 9.90 Å². The molecule has 0 saturated heterocycles. The van der Waals surface area contributed by atoms with E-state index < -0.39 is 12.0 Å². The number of aliphatic carboxylic acids is 1. The van der Waals surface area contributed by atoms with E-state index >= 15 is 0 Å². The molecule has 0 aliphatic rings. The fraction of sp³-hybridized carbons (Fsp3) is 0.800. The van der Waals surface area contributed by atoms with Gasteiger partial charge in [-0.15, -0.1) is 8.58 Å². The molecule has 0 rings (SSSR count). The molecule has 0 saturated carbocycles. The summed E-state index contributed by atoms with van der Waals surface area (Å²) in [7, 11) is 0.599. The molecular formula is C5H12NO2P. The van der Waals surface area contributed by atoms with Gasteiger partial charge in [0.2, 0.25) is 0 Å². The summed E-state index contributed by atoms with van der Waals surface area (Å²) >= 11 is 0. The van der Waals surface area contributed by atoms with Gasteiger partial charge in [-0.2, -0.15) is 0 Å². The summed E-state index contributed by atoms with van der Waals surface area (Å²) in [6, 6.07) is -0.687. The summed E-state index contributed by atoms with van der Waals surface area (Å²) in [5.41, 5.74) is 5.38. The number of hydrogen-bond donors (Lipinski definition) is 2. The molecule has 0 fully saturated rings. The maximum absolute atomic E-state index is 10.2. The second-order valence-corrected chi connectivity index (χ2v) is 3.43. The van der Waals surface area contributed by atoms with Gasteiger partial charge in [0.05, 0.1) is 0 Å². The summed E-state index contributed by atoms with van der Waals surface area (Å²) < 4.78 is 0. The Morgan fingerprint density at radius 2 is 2.22 bits per heavy atom. The lowest BCUT2D eigenvalue weighted by Crippen LogP contribution is -2.37. The first-order chi connectivity index (χ1) is 4.09. The van der Waals surface area contributed by atoms with E-state index in [1.165, 1.54) is 0 Å². The topological polar surface area (TPSA) is 63.3 Å². The molecule has 54 valence electrons. The first-order valence-electron chi connectivity index (χ1n) is 2.75. The molecule has 0 radical (unpaired) electrons. The van der Waals surface area contributed by atoms with Crippen molar-refractivity contribution in [1.82, 2.24) is 0 Å². The minimum absolute atomic E-state index is 0.0995. The Kier molecular flexibility index (Phi) is 3.75. The number of carboxylic acid groups (broad SMARTS) is 1. The fourth-order valence-electron chi connectivity index (χ4n) is 0.393. The molecule has 4 heteroatoms. The molecule has 0 aromatic rings. The predicted molar refractivity (Wildman–Crippen MR) is 39.3 cm³/mol. The van der Waals surface area contributed by atoms with E-state index in [1.807, 2.05) is 13.6 Å². The third-order valence-corrected chi connectivity index (χ3v) is 2.55. The fourth-order valence-corrected chi connectivity index (χ4v) is 0.895. The highest BCUT2D eigenvalue weighted by atomic mass is 31.1. The number of rotatable bonds is 3. The Hall–Kier alpha value is -0.140. The van der Waals surface area contributed by atoms with Crippen molar-refractivity contribution in [2.24, 2.45) is 5.73 Å². The quantitative estimate of drug-likeness (QED) is 0.559. The number of hydrogen-bond acceptors (Lipinski definition) is 2. The molecule has 0 aromatic carbocycles. The molecule has 3 N–H and O–H groups in total. The lowest BCUT2D eigenvalue weighted by atomic mass is 10.2. The standard InChI is InChI=1S/C5H12NO2P/c1-3(9-2)4(6)5(7)8/h3-4,9H,6H2,1-2H3,(H,7,8). The van der Waals surface area contributed by atoms with Gasteiger partial charge in [0.15, 0.2) is 0 Å². The number of nitrogens with two attached hydrogens (primary N) is 1. The van der Waals surface area contributed by atoms with Gasteiger partial charge in [-0.05, 0) is 12.3 Å². The van der Waals surface area contributed by atoms with E-state index in [1.54, 1.807) is 0 Å². The monoisotopic (exact) mass is 149 g/mol. The summed E-state index contributed by atoms with van der Waals surface area (Å²) in [4.78, 5) is 10.2. The van der Waals surface area contributed by atoms with Crippen molar-refractivity contribution in [1.29, 1.82) is 0 Å². The van der Waals surface area contributed by atoms with Gasteiger partial charge >= 0.3 is 5.97 Å². The van der Waals surface area contributed by atoms with E-state index in [0.29, 0.717) is 8.58 Å². The first-order valence-corrected chi connectivity index (χ1v) is 4.33. The van der Waals surface area contributed by atoms with Crippen LogP contribution in [0.4, 0.5) is 0 Å². The first kappa shape index (κ1) is 8.86. The van der Waals surface area contributed by atoms with E-state index in [4.69, 9.17) is 10.8 Å². The van der Waals surface area contributed by atoms with E-state index in [0.717, 1.165) is 0 Å². The van der Waals surface area contributed by atoms with Crippen LogP contribution in [-0.2, 0) is 4.79 Å². The van der Waals surface area contributed by atoms with Crippen LogP contribution < -0.4 is 5.73 Å². The van der Waals surface area contributed by atoms with Crippen molar-refractivity contribution in [3.63, 3.8) is 0 Å². The third kappa shape index (κ3) is 2.78. The van der Waals surface area contributed by atoms with Gasteiger partial charge in [-0.1, -0.05) is 6.92 Å². The molecule has 0 aromatic heterocycles. The van der Waals surface area contributed by atoms with Gasteiger partial charge in [-0.25, -0.2) is 0 Å². The molecule has 0 aliphatic carbocycles. The normalized spacial score (nSPS) is 18.1. The van der Waals surface area contributed by atoms with E-state index in [9.17, 15) is 4.79 Å². The van der Waals surface area contributed by atoms with Gasteiger partial charge in [0.1, 0.15) is 6.04 Å². The van der Waals surface area contributed by atoms with Crippen LogP contribution in [0.25, 0.3) is 0 Å². The lowest BCUT2D eigenvalue weighted by Gasteiger charge is -2.12. The summed E-state index contributed by atoms with van der Waals surface area (Å²) in [5.74, 6) is -0.906. The van der Waals surface area contributed by atoms with Crippen molar-refractivity contribution in [2.45, 2.75) is 18.6 Å². The predicted octanol–water partition coefficient (Wildman–Crippen LogP) is 0.0951. The van der Waals surface area contributed by atoms with Crippen LogP contribution >= 0.6 is 8.58 Å². The second kappa shape index (κ2) is 3.80. The van der Waals surface area contributed by atoms with Crippen LogP contribution in [0.1, 0.15) is 6.92 Å². The molecule has 3 unspecified atom stereocenters. The van der Waals surface area contributed by atoms with Crippen LogP contribution in [0.5, 0.6) is 0 Å². The van der Waals surface area contributed by atoms with Crippen LogP contribution in [0, 0.1) is 0 Å². The molecule has 9 heavy (non-hydrogen) atoms. The summed E-state index contributed by atoms with van der Waals surface area (Å²) in [6.45, 7) is 3.80. The Bertz CT molecular complexity index is 107. The average molecular weight is 149 g/mol. The zero-order chi connectivity index (χ0) is 7.44. The molecule has 0 amide bonds. The number of carbonyl (C=O) groups is 1. The Labute approximate surface area is 56.4 Å². The Morgan fingerprint density at radius 1 is 1.78 bits per heavy atom. The smallest absolute Gasteiger partial charge is 0.321 e. The molecule has 0 aliphatic heterocycles. The molecule has 0 bridgehead atoms. The second-order valence-electron chi connectivity index (χ2n) is 1.94.